The van der Waals surface area contributed by atoms with E-state index >= 15 is 0 Å². The fraction of sp³-hybridized carbons (Fsp3) is 0.357. The molecule has 0 aliphatic carbocycles. The summed E-state index contributed by atoms with van der Waals surface area (Å²) in [4.78, 5) is 12.1. The lowest BCUT2D eigenvalue weighted by Crippen LogP contribution is -2.14. The molecular weight excluding hydrogens is 320 g/mol. The Morgan fingerprint density at radius 2 is 2.23 bits per heavy atom. The molecule has 2 N–H and O–H groups in total. The van der Waals surface area contributed by atoms with Crippen molar-refractivity contribution >= 4 is 39.8 Å². The molecule has 6 nitrogen and oxygen atoms in total. The summed E-state index contributed by atoms with van der Waals surface area (Å²) in [6.07, 6.45) is 0. The van der Waals surface area contributed by atoms with Gasteiger partial charge in [-0.25, -0.2) is 0 Å². The largest absolute Gasteiger partial charge is 0.495 e. The lowest BCUT2D eigenvalue weighted by atomic mass is 10.2. The van der Waals surface area contributed by atoms with Gasteiger partial charge in [-0.1, -0.05) is 29.2 Å². The van der Waals surface area contributed by atoms with Crippen LogP contribution in [0.1, 0.15) is 12.5 Å². The Kier molecular flexibility index (Phi) is 6.02. The van der Waals surface area contributed by atoms with Crippen molar-refractivity contribution in [2.24, 2.45) is 0 Å². The van der Waals surface area contributed by atoms with E-state index < -0.39 is 0 Å². The molecule has 0 radical (unpaired) electrons. The molecule has 0 aliphatic rings. The monoisotopic (exact) mass is 338 g/mol. The molecule has 1 heterocycles. The molecule has 0 spiro atoms. The predicted molar refractivity (Wildman–Crippen MR) is 91.2 cm³/mol. The van der Waals surface area contributed by atoms with Crippen LogP contribution >= 0.6 is 23.1 Å². The van der Waals surface area contributed by atoms with Crippen LogP contribution in [0.2, 0.25) is 0 Å². The number of anilines is 2. The smallest absolute Gasteiger partial charge is 0.234 e. The molecule has 1 aromatic carbocycles. The number of ether oxygens (including phenoxy) is 1. The predicted octanol–water partition coefficient (Wildman–Crippen LogP) is 3.02. The van der Waals surface area contributed by atoms with Gasteiger partial charge in [0.1, 0.15) is 5.75 Å². The van der Waals surface area contributed by atoms with Gasteiger partial charge in [-0.15, -0.1) is 10.2 Å². The van der Waals surface area contributed by atoms with Gasteiger partial charge in [-0.05, 0) is 31.5 Å². The van der Waals surface area contributed by atoms with Gasteiger partial charge in [0, 0.05) is 6.54 Å². The zero-order valence-electron chi connectivity index (χ0n) is 12.7. The molecule has 2 rings (SSSR count). The number of aryl methyl sites for hydroxylation is 1. The first kappa shape index (κ1) is 16.6. The maximum Gasteiger partial charge on any atom is 0.234 e. The number of methoxy groups -OCH3 is 1. The number of nitrogens with zero attached hydrogens (tertiary/aromatic N) is 2. The Morgan fingerprint density at radius 3 is 2.95 bits per heavy atom. The molecule has 1 aromatic heterocycles. The van der Waals surface area contributed by atoms with E-state index in [0.29, 0.717) is 11.4 Å². The summed E-state index contributed by atoms with van der Waals surface area (Å²) in [7, 11) is 1.58. The van der Waals surface area contributed by atoms with E-state index in [1.165, 1.54) is 23.1 Å². The van der Waals surface area contributed by atoms with Crippen LogP contribution in [0.3, 0.4) is 0 Å². The fourth-order valence-electron chi connectivity index (χ4n) is 1.72. The van der Waals surface area contributed by atoms with E-state index in [0.717, 1.165) is 21.6 Å². The second-order valence-electron chi connectivity index (χ2n) is 4.44. The van der Waals surface area contributed by atoms with Crippen LogP contribution in [0.25, 0.3) is 0 Å². The first-order chi connectivity index (χ1) is 10.6. The number of carbonyl (C=O) groups excluding carboxylic acids is 1. The third-order valence-electron chi connectivity index (χ3n) is 2.69. The van der Waals surface area contributed by atoms with Gasteiger partial charge < -0.3 is 15.4 Å². The van der Waals surface area contributed by atoms with Crippen molar-refractivity contribution in [1.82, 2.24) is 10.2 Å². The Balaban J connectivity index is 1.91. The molecule has 22 heavy (non-hydrogen) atoms. The SMILES string of the molecule is CCNc1nnc(SCC(=O)Nc2cc(C)ccc2OC)s1. The van der Waals surface area contributed by atoms with Crippen LogP contribution in [0.15, 0.2) is 22.5 Å². The maximum atomic E-state index is 12.1. The maximum absolute atomic E-state index is 12.1. The number of nitrogens with one attached hydrogen (secondary N) is 2. The summed E-state index contributed by atoms with van der Waals surface area (Å²) >= 11 is 2.80. The van der Waals surface area contributed by atoms with Gasteiger partial charge in [-0.3, -0.25) is 4.79 Å². The highest BCUT2D eigenvalue weighted by atomic mass is 32.2. The zero-order valence-corrected chi connectivity index (χ0v) is 14.3. The number of aromatic nitrogens is 2. The minimum atomic E-state index is -0.103. The number of rotatable bonds is 7. The first-order valence-electron chi connectivity index (χ1n) is 6.77. The Labute approximate surface area is 137 Å². The molecule has 8 heteroatoms. The minimum Gasteiger partial charge on any atom is -0.495 e. The van der Waals surface area contributed by atoms with E-state index in [2.05, 4.69) is 20.8 Å². The van der Waals surface area contributed by atoms with Crippen molar-refractivity contribution in [3.63, 3.8) is 0 Å². The Hall–Kier alpha value is -1.80. The summed E-state index contributed by atoms with van der Waals surface area (Å²) in [5.74, 6) is 0.820. The molecule has 1 amide bonds. The van der Waals surface area contributed by atoms with Crippen LogP contribution in [0, 0.1) is 6.92 Å². The molecule has 0 bridgehead atoms. The molecular formula is C14H18N4O2S2. The second kappa shape index (κ2) is 8.00. The van der Waals surface area contributed by atoms with E-state index in [1.807, 2.05) is 32.0 Å². The average molecular weight is 338 g/mol. The van der Waals surface area contributed by atoms with Gasteiger partial charge in [0.15, 0.2) is 4.34 Å². The zero-order chi connectivity index (χ0) is 15.9. The van der Waals surface area contributed by atoms with Gasteiger partial charge in [-0.2, -0.15) is 0 Å². The molecule has 0 aliphatic heterocycles. The molecule has 0 unspecified atom stereocenters. The van der Waals surface area contributed by atoms with E-state index in [-0.39, 0.29) is 11.7 Å². The Bertz CT molecular complexity index is 646. The molecule has 0 atom stereocenters. The first-order valence-corrected chi connectivity index (χ1v) is 8.57. The summed E-state index contributed by atoms with van der Waals surface area (Å²) in [6.45, 7) is 4.76. The normalized spacial score (nSPS) is 10.3. The van der Waals surface area contributed by atoms with Crippen molar-refractivity contribution in [1.29, 1.82) is 0 Å². The average Bonchev–Trinajstić information content (AvgIpc) is 2.94. The molecule has 118 valence electrons. The van der Waals surface area contributed by atoms with E-state index in [9.17, 15) is 4.79 Å². The quantitative estimate of drug-likeness (QED) is 0.756. The highest BCUT2D eigenvalue weighted by Gasteiger charge is 2.10. The van der Waals surface area contributed by atoms with E-state index in [4.69, 9.17) is 4.74 Å². The van der Waals surface area contributed by atoms with Crippen molar-refractivity contribution in [2.45, 2.75) is 18.2 Å². The number of amides is 1. The number of thioether (sulfide) groups is 1. The standard InChI is InChI=1S/C14H18N4O2S2/c1-4-15-13-17-18-14(22-13)21-8-12(19)16-10-7-9(2)5-6-11(10)20-3/h5-7H,4,8H2,1-3H3,(H,15,17)(H,16,19). The summed E-state index contributed by atoms with van der Waals surface area (Å²) in [5, 5.41) is 14.7. The van der Waals surface area contributed by atoms with Crippen molar-refractivity contribution in [3.8, 4) is 5.75 Å². The Morgan fingerprint density at radius 1 is 1.41 bits per heavy atom. The third-order valence-corrected chi connectivity index (χ3v) is 4.70. The number of hydrogen-bond acceptors (Lipinski definition) is 7. The highest BCUT2D eigenvalue weighted by molar-refractivity contribution is 8.01. The van der Waals surface area contributed by atoms with Gasteiger partial charge >= 0.3 is 0 Å². The van der Waals surface area contributed by atoms with Crippen molar-refractivity contribution < 1.29 is 9.53 Å². The number of hydrogen-bond donors (Lipinski definition) is 2. The number of benzene rings is 1. The molecule has 2 aromatic rings. The molecule has 0 fully saturated rings. The van der Waals surface area contributed by atoms with Gasteiger partial charge in [0.2, 0.25) is 11.0 Å². The van der Waals surface area contributed by atoms with Crippen LogP contribution in [0.5, 0.6) is 5.75 Å². The topological polar surface area (TPSA) is 76.1 Å². The summed E-state index contributed by atoms with van der Waals surface area (Å²) < 4.78 is 6.01. The minimum absolute atomic E-state index is 0.103. The van der Waals surface area contributed by atoms with Gasteiger partial charge in [0.05, 0.1) is 18.6 Å². The van der Waals surface area contributed by atoms with Crippen LogP contribution < -0.4 is 15.4 Å². The third kappa shape index (κ3) is 4.60. The lowest BCUT2D eigenvalue weighted by Gasteiger charge is -2.10. The van der Waals surface area contributed by atoms with E-state index in [1.54, 1.807) is 7.11 Å². The van der Waals surface area contributed by atoms with Crippen molar-refractivity contribution in [3.05, 3.63) is 23.8 Å². The van der Waals surface area contributed by atoms with Gasteiger partial charge in [0.25, 0.3) is 0 Å². The highest BCUT2D eigenvalue weighted by Crippen LogP contribution is 2.27. The number of carbonyl (C=O) groups is 1. The second-order valence-corrected chi connectivity index (χ2v) is 6.64. The summed E-state index contributed by atoms with van der Waals surface area (Å²) in [5.41, 5.74) is 1.74. The molecule has 0 saturated heterocycles. The summed E-state index contributed by atoms with van der Waals surface area (Å²) in [6, 6.07) is 5.66. The fourth-order valence-corrected chi connectivity index (χ4v) is 3.34. The lowest BCUT2D eigenvalue weighted by molar-refractivity contribution is -0.113. The van der Waals surface area contributed by atoms with Crippen LogP contribution in [-0.2, 0) is 4.79 Å². The van der Waals surface area contributed by atoms with Crippen LogP contribution in [-0.4, -0.2) is 35.5 Å². The molecule has 0 saturated carbocycles. The van der Waals surface area contributed by atoms with Crippen molar-refractivity contribution in [2.75, 3.05) is 30.0 Å². The van der Waals surface area contributed by atoms with Crippen LogP contribution in [0.4, 0.5) is 10.8 Å².